The molecule has 1 rings (SSSR count). The number of benzene rings is 1. The Balaban J connectivity index is 0.00000441. The first-order chi connectivity index (χ1) is 9.64. The molecule has 7 nitrogen and oxygen atoms in total. The first-order valence-electron chi connectivity index (χ1n) is 6.36. The molecule has 0 radical (unpaired) electrons. The molecule has 0 spiro atoms. The van der Waals surface area contributed by atoms with Crippen LogP contribution < -0.4 is 20.5 Å². The maximum atomic E-state index is 11.9. The van der Waals surface area contributed by atoms with Crippen molar-refractivity contribution in [3.8, 4) is 5.75 Å². The number of rotatable bonds is 6. The Labute approximate surface area is 137 Å². The van der Waals surface area contributed by atoms with Crippen molar-refractivity contribution in [3.05, 3.63) is 18.2 Å². The lowest BCUT2D eigenvalue weighted by molar-refractivity contribution is -0.118. The molecular formula is C13H22ClN3O4S. The Morgan fingerprint density at radius 2 is 1.91 bits per heavy atom. The van der Waals surface area contributed by atoms with E-state index in [0.717, 1.165) is 6.26 Å². The van der Waals surface area contributed by atoms with Gasteiger partial charge < -0.3 is 15.8 Å². The van der Waals surface area contributed by atoms with Crippen LogP contribution in [0.4, 0.5) is 11.4 Å². The van der Waals surface area contributed by atoms with E-state index in [0.29, 0.717) is 17.1 Å². The predicted octanol–water partition coefficient (Wildman–Crippen LogP) is 1.41. The number of halogens is 1. The van der Waals surface area contributed by atoms with Gasteiger partial charge in [-0.3, -0.25) is 9.52 Å². The summed E-state index contributed by atoms with van der Waals surface area (Å²) in [5, 5.41) is 2.67. The van der Waals surface area contributed by atoms with Gasteiger partial charge in [-0.2, -0.15) is 0 Å². The zero-order chi connectivity index (χ0) is 16.2. The van der Waals surface area contributed by atoms with E-state index in [1.807, 2.05) is 13.8 Å². The maximum Gasteiger partial charge on any atom is 0.241 e. The average Bonchev–Trinajstić information content (AvgIpc) is 2.37. The van der Waals surface area contributed by atoms with Crippen molar-refractivity contribution in [1.29, 1.82) is 0 Å². The molecule has 0 fully saturated rings. The summed E-state index contributed by atoms with van der Waals surface area (Å²) >= 11 is 0. The maximum absolute atomic E-state index is 11.9. The fourth-order valence-electron chi connectivity index (χ4n) is 1.58. The molecule has 0 aliphatic carbocycles. The minimum Gasteiger partial charge on any atom is -0.494 e. The number of hydrogen-bond acceptors (Lipinski definition) is 5. The molecular weight excluding hydrogens is 330 g/mol. The number of amides is 1. The second-order valence-electron chi connectivity index (χ2n) is 5.05. The number of methoxy groups -OCH3 is 1. The van der Waals surface area contributed by atoms with Crippen molar-refractivity contribution in [2.75, 3.05) is 23.4 Å². The third-order valence-electron chi connectivity index (χ3n) is 2.79. The normalized spacial score (nSPS) is 12.3. The molecule has 0 saturated carbocycles. The number of hydrogen-bond donors (Lipinski definition) is 3. The van der Waals surface area contributed by atoms with Crippen molar-refractivity contribution in [3.63, 3.8) is 0 Å². The highest BCUT2D eigenvalue weighted by molar-refractivity contribution is 7.92. The van der Waals surface area contributed by atoms with Crippen LogP contribution in [0.3, 0.4) is 0 Å². The molecule has 22 heavy (non-hydrogen) atoms. The highest BCUT2D eigenvalue weighted by atomic mass is 35.5. The number of anilines is 2. The zero-order valence-electron chi connectivity index (χ0n) is 12.9. The van der Waals surface area contributed by atoms with Gasteiger partial charge in [0.2, 0.25) is 15.9 Å². The monoisotopic (exact) mass is 351 g/mol. The van der Waals surface area contributed by atoms with Gasteiger partial charge in [-0.05, 0) is 18.1 Å². The largest absolute Gasteiger partial charge is 0.494 e. The molecule has 4 N–H and O–H groups in total. The highest BCUT2D eigenvalue weighted by Gasteiger charge is 2.18. The minimum atomic E-state index is -3.41. The van der Waals surface area contributed by atoms with E-state index >= 15 is 0 Å². The van der Waals surface area contributed by atoms with Crippen LogP contribution in [0.15, 0.2) is 18.2 Å². The number of carbonyl (C=O) groups is 1. The summed E-state index contributed by atoms with van der Waals surface area (Å²) in [5.74, 6) is 0.00490. The molecule has 0 heterocycles. The number of nitrogens with two attached hydrogens (primary N) is 1. The van der Waals surface area contributed by atoms with Crippen molar-refractivity contribution in [2.45, 2.75) is 19.9 Å². The van der Waals surface area contributed by atoms with Crippen LogP contribution in [0, 0.1) is 5.92 Å². The predicted molar refractivity (Wildman–Crippen MR) is 90.2 cm³/mol. The zero-order valence-corrected chi connectivity index (χ0v) is 14.5. The van der Waals surface area contributed by atoms with E-state index in [1.54, 1.807) is 6.07 Å². The third-order valence-corrected chi connectivity index (χ3v) is 3.38. The van der Waals surface area contributed by atoms with E-state index < -0.39 is 16.1 Å². The molecule has 1 atom stereocenters. The van der Waals surface area contributed by atoms with Crippen LogP contribution in [0.1, 0.15) is 13.8 Å². The van der Waals surface area contributed by atoms with E-state index in [-0.39, 0.29) is 24.2 Å². The van der Waals surface area contributed by atoms with Gasteiger partial charge in [-0.1, -0.05) is 13.8 Å². The van der Waals surface area contributed by atoms with Crippen molar-refractivity contribution in [1.82, 2.24) is 0 Å². The molecule has 1 aromatic rings. The Morgan fingerprint density at radius 3 is 2.36 bits per heavy atom. The molecule has 1 aromatic carbocycles. The van der Waals surface area contributed by atoms with Crippen molar-refractivity contribution < 1.29 is 17.9 Å². The van der Waals surface area contributed by atoms with Crippen LogP contribution >= 0.6 is 12.4 Å². The molecule has 1 unspecified atom stereocenters. The Hall–Kier alpha value is -1.51. The number of ether oxygens (including phenoxy) is 1. The first-order valence-corrected chi connectivity index (χ1v) is 8.25. The minimum absolute atomic E-state index is 0. The van der Waals surface area contributed by atoms with Gasteiger partial charge in [0.1, 0.15) is 5.75 Å². The van der Waals surface area contributed by atoms with Gasteiger partial charge in [-0.15, -0.1) is 12.4 Å². The topological polar surface area (TPSA) is 111 Å². The Bertz CT molecular complexity index is 620. The average molecular weight is 352 g/mol. The van der Waals surface area contributed by atoms with Gasteiger partial charge >= 0.3 is 0 Å². The van der Waals surface area contributed by atoms with E-state index in [4.69, 9.17) is 10.5 Å². The third kappa shape index (κ3) is 6.08. The quantitative estimate of drug-likeness (QED) is 0.717. The molecule has 0 aliphatic rings. The molecule has 1 amide bonds. The lowest BCUT2D eigenvalue weighted by atomic mass is 10.0. The fourth-order valence-corrected chi connectivity index (χ4v) is 2.15. The number of nitrogens with one attached hydrogen (secondary N) is 2. The van der Waals surface area contributed by atoms with Crippen LogP contribution in [0.2, 0.25) is 0 Å². The first kappa shape index (κ1) is 20.5. The SMILES string of the molecule is COc1cc(NC(=O)C(N)C(C)C)ccc1NS(C)(=O)=O.Cl. The lowest BCUT2D eigenvalue weighted by Crippen LogP contribution is -2.39. The highest BCUT2D eigenvalue weighted by Crippen LogP contribution is 2.28. The van der Waals surface area contributed by atoms with Gasteiger partial charge in [0.25, 0.3) is 0 Å². The van der Waals surface area contributed by atoms with Crippen LogP contribution in [0.25, 0.3) is 0 Å². The molecule has 9 heteroatoms. The van der Waals surface area contributed by atoms with Crippen molar-refractivity contribution in [2.24, 2.45) is 11.7 Å². The van der Waals surface area contributed by atoms with Gasteiger partial charge in [0.05, 0.1) is 25.1 Å². The summed E-state index contributed by atoms with van der Waals surface area (Å²) in [6.07, 6.45) is 1.05. The second-order valence-corrected chi connectivity index (χ2v) is 6.80. The molecule has 0 bridgehead atoms. The molecule has 0 saturated heterocycles. The smallest absolute Gasteiger partial charge is 0.241 e. The summed E-state index contributed by atoms with van der Waals surface area (Å²) in [6, 6.07) is 3.99. The fraction of sp³-hybridized carbons (Fsp3) is 0.462. The summed E-state index contributed by atoms with van der Waals surface area (Å²) in [5.41, 5.74) is 6.53. The second kappa shape index (κ2) is 8.21. The molecule has 0 aliphatic heterocycles. The number of carbonyl (C=O) groups excluding carboxylic acids is 1. The van der Waals surface area contributed by atoms with Crippen LogP contribution in [-0.4, -0.2) is 33.7 Å². The lowest BCUT2D eigenvalue weighted by Gasteiger charge is -2.16. The number of sulfonamides is 1. The standard InChI is InChI=1S/C13H21N3O4S.ClH/c1-8(2)12(14)13(17)15-9-5-6-10(11(7-9)20-3)16-21(4,18)19;/h5-8,12,16H,14H2,1-4H3,(H,15,17);1H. The van der Waals surface area contributed by atoms with Crippen molar-refractivity contribution >= 4 is 39.7 Å². The van der Waals surface area contributed by atoms with E-state index in [9.17, 15) is 13.2 Å². The Kier molecular flexibility index (Phi) is 7.65. The van der Waals surface area contributed by atoms with Gasteiger partial charge in [0.15, 0.2) is 0 Å². The Morgan fingerprint density at radius 1 is 1.32 bits per heavy atom. The van der Waals surface area contributed by atoms with Crippen LogP contribution in [-0.2, 0) is 14.8 Å². The van der Waals surface area contributed by atoms with Crippen LogP contribution in [0.5, 0.6) is 5.75 Å². The summed E-state index contributed by atoms with van der Waals surface area (Å²) in [7, 11) is -2.00. The molecule has 126 valence electrons. The summed E-state index contributed by atoms with van der Waals surface area (Å²) in [4.78, 5) is 11.9. The van der Waals surface area contributed by atoms with E-state index in [1.165, 1.54) is 19.2 Å². The van der Waals surface area contributed by atoms with Gasteiger partial charge in [-0.25, -0.2) is 8.42 Å². The van der Waals surface area contributed by atoms with E-state index in [2.05, 4.69) is 10.0 Å². The summed E-state index contributed by atoms with van der Waals surface area (Å²) < 4.78 is 29.9. The van der Waals surface area contributed by atoms with Gasteiger partial charge in [0, 0.05) is 11.8 Å². The molecule has 0 aromatic heterocycles. The summed E-state index contributed by atoms with van der Waals surface area (Å²) in [6.45, 7) is 3.70.